The van der Waals surface area contributed by atoms with Crippen molar-refractivity contribution < 1.29 is 23.1 Å². The molecule has 0 atom stereocenters. The molecule has 4 aliphatic rings. The van der Waals surface area contributed by atoms with E-state index in [1.807, 2.05) is 24.3 Å². The van der Waals surface area contributed by atoms with E-state index in [2.05, 4.69) is 9.88 Å². The van der Waals surface area contributed by atoms with Crippen molar-refractivity contribution in [1.82, 2.24) is 9.88 Å². The van der Waals surface area contributed by atoms with Gasteiger partial charge in [-0.05, 0) is 48.2 Å². The summed E-state index contributed by atoms with van der Waals surface area (Å²) in [5, 5.41) is 0. The molecule has 3 aliphatic heterocycles. The molecule has 1 aromatic carbocycles. The number of ketones is 1. The van der Waals surface area contributed by atoms with Gasteiger partial charge in [0.25, 0.3) is 11.8 Å². The van der Waals surface area contributed by atoms with Crippen molar-refractivity contribution in [2.24, 2.45) is 5.92 Å². The zero-order valence-corrected chi connectivity index (χ0v) is 17.5. The smallest absolute Gasteiger partial charge is 0.270 e. The first-order valence-corrected chi connectivity index (χ1v) is 11.0. The Kier molecular flexibility index (Phi) is 4.30. The summed E-state index contributed by atoms with van der Waals surface area (Å²) in [5.74, 6) is -2.00. The molecule has 0 bridgehead atoms. The highest BCUT2D eigenvalue weighted by Gasteiger charge is 2.41. The van der Waals surface area contributed by atoms with Crippen LogP contribution in [0, 0.1) is 5.92 Å². The summed E-state index contributed by atoms with van der Waals surface area (Å²) in [7, 11) is 0. The zero-order chi connectivity index (χ0) is 22.0. The van der Waals surface area contributed by atoms with Gasteiger partial charge in [0, 0.05) is 42.3 Å². The third-order valence-corrected chi connectivity index (χ3v) is 6.82. The number of fused-ring (bicyclic) bond motifs is 2. The number of allylic oxidation sites excluding steroid dienone is 1. The van der Waals surface area contributed by atoms with E-state index in [0.717, 1.165) is 53.2 Å². The van der Waals surface area contributed by atoms with Crippen LogP contribution >= 0.6 is 0 Å². The number of aryl methyl sites for hydroxylation is 1. The Morgan fingerprint density at radius 1 is 1.19 bits per heavy atom. The van der Waals surface area contributed by atoms with Gasteiger partial charge >= 0.3 is 0 Å². The van der Waals surface area contributed by atoms with E-state index in [9.17, 15) is 18.4 Å². The van der Waals surface area contributed by atoms with Crippen molar-refractivity contribution in [3.8, 4) is 0 Å². The van der Waals surface area contributed by atoms with E-state index in [1.165, 1.54) is 4.90 Å². The molecule has 0 radical (unpaired) electrons. The Balaban J connectivity index is 1.29. The van der Waals surface area contributed by atoms with Crippen LogP contribution in [-0.4, -0.2) is 60.3 Å². The van der Waals surface area contributed by atoms with Gasteiger partial charge in [0.2, 0.25) is 0 Å². The number of nitrogens with one attached hydrogen (secondary N) is 1. The predicted octanol–water partition coefficient (Wildman–Crippen LogP) is 3.81. The summed E-state index contributed by atoms with van der Waals surface area (Å²) in [6, 6.07) is 7.61. The molecule has 32 heavy (non-hydrogen) atoms. The second-order valence-corrected chi connectivity index (χ2v) is 9.08. The van der Waals surface area contributed by atoms with Crippen LogP contribution < -0.4 is 4.90 Å². The number of likely N-dealkylation sites (tertiary alicyclic amines) is 1. The van der Waals surface area contributed by atoms with Gasteiger partial charge in [0.15, 0.2) is 5.78 Å². The fourth-order valence-corrected chi connectivity index (χ4v) is 4.99. The lowest BCUT2D eigenvalue weighted by Crippen LogP contribution is -2.31. The largest absolute Gasteiger partial charge is 0.380 e. The topological polar surface area (TPSA) is 65.6 Å². The number of halogens is 2. The summed E-state index contributed by atoms with van der Waals surface area (Å²) < 4.78 is 32.4. The van der Waals surface area contributed by atoms with E-state index >= 15 is 0 Å². The number of H-pyrrole nitrogens is 1. The Hall–Kier alpha value is -3.00. The highest BCUT2D eigenvalue weighted by atomic mass is 19.3. The number of hydrogen-bond donors (Lipinski definition) is 1. The van der Waals surface area contributed by atoms with E-state index in [4.69, 9.17) is 4.74 Å². The minimum atomic E-state index is -2.81. The van der Waals surface area contributed by atoms with Crippen molar-refractivity contribution in [3.63, 3.8) is 0 Å². The van der Waals surface area contributed by atoms with Gasteiger partial charge in [-0.15, -0.1) is 0 Å². The van der Waals surface area contributed by atoms with Gasteiger partial charge in [-0.25, -0.2) is 8.78 Å². The third kappa shape index (κ3) is 3.08. The maximum Gasteiger partial charge on any atom is 0.270 e. The number of benzene rings is 1. The fraction of sp³-hybridized carbons (Fsp3) is 0.417. The molecule has 1 amide bonds. The molecule has 0 spiro atoms. The first-order chi connectivity index (χ1) is 15.4. The van der Waals surface area contributed by atoms with Gasteiger partial charge < -0.3 is 19.5 Å². The quantitative estimate of drug-likeness (QED) is 0.739. The molecule has 6 rings (SSSR count). The number of nitrogens with zero attached hydrogens (tertiary/aromatic N) is 2. The molecule has 4 heterocycles. The first-order valence-electron chi connectivity index (χ1n) is 11.0. The molecule has 1 aliphatic carbocycles. The van der Waals surface area contributed by atoms with Gasteiger partial charge in [-0.2, -0.15) is 0 Å². The second kappa shape index (κ2) is 7.00. The highest BCUT2D eigenvalue weighted by Crippen LogP contribution is 2.41. The van der Waals surface area contributed by atoms with Crippen LogP contribution in [0.5, 0.6) is 0 Å². The molecule has 2 aromatic rings. The number of amides is 1. The van der Waals surface area contributed by atoms with Crippen LogP contribution in [0.25, 0.3) is 5.57 Å². The SMILES string of the molecule is O=C1/C(=C/C2COC2)c2cc(N3CCCc4cc(C(=O)N5CCC(F)(F)C5)[nH]c43)ccc21. The van der Waals surface area contributed by atoms with Crippen molar-refractivity contribution in [2.45, 2.75) is 25.2 Å². The second-order valence-electron chi connectivity index (χ2n) is 9.08. The summed E-state index contributed by atoms with van der Waals surface area (Å²) >= 11 is 0. The monoisotopic (exact) mass is 439 g/mol. The molecule has 0 unspecified atom stereocenters. The van der Waals surface area contributed by atoms with Crippen LogP contribution in [0.3, 0.4) is 0 Å². The zero-order valence-electron chi connectivity index (χ0n) is 17.5. The van der Waals surface area contributed by atoms with Crippen molar-refractivity contribution in [1.29, 1.82) is 0 Å². The Morgan fingerprint density at radius 3 is 2.75 bits per heavy atom. The van der Waals surface area contributed by atoms with Crippen molar-refractivity contribution in [3.05, 3.63) is 52.7 Å². The van der Waals surface area contributed by atoms with Crippen molar-refractivity contribution >= 4 is 28.8 Å². The number of ether oxygens (including phenoxy) is 1. The lowest BCUT2D eigenvalue weighted by Gasteiger charge is -2.32. The number of Topliss-reactive ketones (excluding diaryl/α,β-unsaturated/α-hetero) is 1. The summed E-state index contributed by atoms with van der Waals surface area (Å²) in [6.07, 6.45) is 3.46. The maximum absolute atomic E-state index is 13.6. The fourth-order valence-electron chi connectivity index (χ4n) is 4.99. The maximum atomic E-state index is 13.6. The van der Waals surface area contributed by atoms with Crippen LogP contribution in [0.1, 0.15) is 44.8 Å². The Morgan fingerprint density at radius 2 is 2.03 bits per heavy atom. The minimum Gasteiger partial charge on any atom is -0.380 e. The average molecular weight is 439 g/mol. The lowest BCUT2D eigenvalue weighted by molar-refractivity contribution is -0.00749. The van der Waals surface area contributed by atoms with Crippen LogP contribution in [0.15, 0.2) is 30.3 Å². The molecule has 166 valence electrons. The molecule has 0 saturated carbocycles. The molecule has 2 saturated heterocycles. The van der Waals surface area contributed by atoms with E-state index < -0.39 is 12.5 Å². The Bertz CT molecular complexity index is 1170. The van der Waals surface area contributed by atoms with Crippen molar-refractivity contribution in [2.75, 3.05) is 37.7 Å². The van der Waals surface area contributed by atoms with Gasteiger partial charge in [0.1, 0.15) is 11.5 Å². The van der Waals surface area contributed by atoms with E-state index in [0.29, 0.717) is 24.8 Å². The van der Waals surface area contributed by atoms with Crippen LogP contribution in [0.4, 0.5) is 20.3 Å². The van der Waals surface area contributed by atoms with E-state index in [1.54, 1.807) is 6.07 Å². The number of aromatic amines is 1. The number of aromatic nitrogens is 1. The molecule has 6 nitrogen and oxygen atoms in total. The van der Waals surface area contributed by atoms with E-state index in [-0.39, 0.29) is 24.7 Å². The number of anilines is 2. The average Bonchev–Trinajstić information content (AvgIpc) is 3.34. The standard InChI is InChI=1S/C24H23F2N3O3/c25-24(26)5-7-28(13-24)23(31)20-9-15-2-1-6-29(22(15)27-20)16-3-4-17-18(10-16)19(21(17)30)8-14-11-32-12-14/h3-4,8-10,14,27H,1-2,5-7,11-13H2/b19-8+. The molecular weight excluding hydrogens is 416 g/mol. The van der Waals surface area contributed by atoms with Gasteiger partial charge in [0.05, 0.1) is 19.8 Å². The number of rotatable bonds is 3. The minimum absolute atomic E-state index is 0.0687. The lowest BCUT2D eigenvalue weighted by atomic mass is 9.79. The molecule has 1 aromatic heterocycles. The number of carbonyl (C=O) groups excluding carboxylic acids is 2. The molecule has 2 fully saturated rings. The third-order valence-electron chi connectivity index (χ3n) is 6.82. The predicted molar refractivity (Wildman–Crippen MR) is 115 cm³/mol. The number of alkyl halides is 2. The molecule has 1 N–H and O–H groups in total. The van der Waals surface area contributed by atoms with Crippen LogP contribution in [0.2, 0.25) is 0 Å². The molecule has 8 heteroatoms. The summed E-state index contributed by atoms with van der Waals surface area (Å²) in [4.78, 5) is 31.8. The summed E-state index contributed by atoms with van der Waals surface area (Å²) in [5.41, 5.74) is 4.74. The van der Waals surface area contributed by atoms with Gasteiger partial charge in [-0.3, -0.25) is 9.59 Å². The van der Waals surface area contributed by atoms with Crippen LogP contribution in [-0.2, 0) is 11.2 Å². The number of hydrogen-bond acceptors (Lipinski definition) is 4. The normalized spacial score (nSPS) is 23.1. The Labute approximate surface area is 183 Å². The first kappa shape index (κ1) is 19.7. The number of carbonyl (C=O) groups is 2. The van der Waals surface area contributed by atoms with Gasteiger partial charge in [-0.1, -0.05) is 6.08 Å². The molecular formula is C24H23F2N3O3. The summed E-state index contributed by atoms with van der Waals surface area (Å²) in [6.45, 7) is 1.62. The highest BCUT2D eigenvalue weighted by molar-refractivity contribution is 6.39.